The van der Waals surface area contributed by atoms with Gasteiger partial charge >= 0.3 is 0 Å². The highest BCUT2D eigenvalue weighted by Crippen LogP contribution is 2.24. The van der Waals surface area contributed by atoms with Crippen molar-refractivity contribution in [2.24, 2.45) is 5.92 Å². The van der Waals surface area contributed by atoms with Crippen LogP contribution in [0.25, 0.3) is 5.65 Å². The molecule has 0 radical (unpaired) electrons. The quantitative estimate of drug-likeness (QED) is 0.933. The van der Waals surface area contributed by atoms with Gasteiger partial charge in [-0.3, -0.25) is 9.20 Å². The molecule has 2 aromatic heterocycles. The van der Waals surface area contributed by atoms with Crippen LogP contribution in [0.1, 0.15) is 55.7 Å². The van der Waals surface area contributed by atoms with E-state index in [2.05, 4.69) is 17.2 Å². The average molecular weight is 320 g/mol. The van der Waals surface area contributed by atoms with Gasteiger partial charge in [-0.2, -0.15) is 0 Å². The lowest BCUT2D eigenvalue weighted by molar-refractivity contribution is 0.0903. The Balaban J connectivity index is 1.93. The third kappa shape index (κ3) is 2.84. The molecule has 1 fully saturated rings. The summed E-state index contributed by atoms with van der Waals surface area (Å²) in [6.07, 6.45) is 7.19. The Morgan fingerprint density at radius 3 is 2.91 bits per heavy atom. The number of aryl methyl sites for hydroxylation is 1. The third-order valence-corrected chi connectivity index (χ3v) is 4.86. The largest absolute Gasteiger partial charge is 0.348 e. The summed E-state index contributed by atoms with van der Waals surface area (Å²) in [5.41, 5.74) is 2.21. The van der Waals surface area contributed by atoms with Crippen molar-refractivity contribution in [2.45, 2.75) is 52.0 Å². The van der Waals surface area contributed by atoms with E-state index in [1.807, 2.05) is 17.4 Å². The normalized spacial score (nSPS) is 22.0. The summed E-state index contributed by atoms with van der Waals surface area (Å²) in [5, 5.41) is 3.82. The SMILES string of the molecule is CCc1nc2ccc(Cl)cn2c1C(=O)NC1CCCCC1C. The van der Waals surface area contributed by atoms with E-state index >= 15 is 0 Å². The maximum atomic E-state index is 12.8. The monoisotopic (exact) mass is 319 g/mol. The minimum Gasteiger partial charge on any atom is -0.348 e. The van der Waals surface area contributed by atoms with Crippen LogP contribution in [0.2, 0.25) is 5.02 Å². The molecule has 2 atom stereocenters. The van der Waals surface area contributed by atoms with E-state index in [-0.39, 0.29) is 11.9 Å². The molecule has 2 aromatic rings. The van der Waals surface area contributed by atoms with Crippen LogP contribution in [0.5, 0.6) is 0 Å². The topological polar surface area (TPSA) is 46.4 Å². The van der Waals surface area contributed by atoms with Crippen LogP contribution < -0.4 is 5.32 Å². The zero-order valence-electron chi connectivity index (χ0n) is 13.1. The first-order valence-electron chi connectivity index (χ1n) is 8.07. The molecule has 0 saturated heterocycles. The highest BCUT2D eigenvalue weighted by atomic mass is 35.5. The fraction of sp³-hybridized carbons (Fsp3) is 0.529. The molecule has 5 heteroatoms. The summed E-state index contributed by atoms with van der Waals surface area (Å²) in [6.45, 7) is 4.24. The van der Waals surface area contributed by atoms with Crippen molar-refractivity contribution in [1.29, 1.82) is 0 Å². The van der Waals surface area contributed by atoms with Gasteiger partial charge in [-0.25, -0.2) is 4.98 Å². The lowest BCUT2D eigenvalue weighted by atomic mass is 9.86. The number of halogens is 1. The van der Waals surface area contributed by atoms with Crippen LogP contribution in [0, 0.1) is 5.92 Å². The summed E-state index contributed by atoms with van der Waals surface area (Å²) in [5.74, 6) is 0.496. The van der Waals surface area contributed by atoms with Crippen LogP contribution in [-0.2, 0) is 6.42 Å². The molecule has 3 rings (SSSR count). The third-order valence-electron chi connectivity index (χ3n) is 4.63. The second kappa shape index (κ2) is 6.29. The Morgan fingerprint density at radius 1 is 1.41 bits per heavy atom. The number of pyridine rings is 1. The number of nitrogens with one attached hydrogen (secondary N) is 1. The molecule has 2 unspecified atom stereocenters. The zero-order valence-corrected chi connectivity index (χ0v) is 13.9. The fourth-order valence-electron chi connectivity index (χ4n) is 3.32. The van der Waals surface area contributed by atoms with E-state index in [0.29, 0.717) is 16.6 Å². The first kappa shape index (κ1) is 15.3. The minimum absolute atomic E-state index is 0.0367. The van der Waals surface area contributed by atoms with E-state index in [0.717, 1.165) is 24.2 Å². The molecule has 0 aromatic carbocycles. The van der Waals surface area contributed by atoms with Gasteiger partial charge in [0.25, 0.3) is 5.91 Å². The van der Waals surface area contributed by atoms with Crippen LogP contribution in [-0.4, -0.2) is 21.3 Å². The lowest BCUT2D eigenvalue weighted by Crippen LogP contribution is -2.41. The summed E-state index contributed by atoms with van der Waals surface area (Å²) in [6, 6.07) is 3.91. The number of hydrogen-bond acceptors (Lipinski definition) is 2. The van der Waals surface area contributed by atoms with Crippen molar-refractivity contribution >= 4 is 23.2 Å². The lowest BCUT2D eigenvalue weighted by Gasteiger charge is -2.29. The molecule has 2 heterocycles. The Bertz CT molecular complexity index is 695. The Kier molecular flexibility index (Phi) is 4.39. The number of nitrogens with zero attached hydrogens (tertiary/aromatic N) is 2. The van der Waals surface area contributed by atoms with E-state index < -0.39 is 0 Å². The van der Waals surface area contributed by atoms with Gasteiger partial charge in [-0.15, -0.1) is 0 Å². The van der Waals surface area contributed by atoms with Gasteiger partial charge in [0.15, 0.2) is 0 Å². The summed E-state index contributed by atoms with van der Waals surface area (Å²) < 4.78 is 1.81. The molecule has 1 aliphatic carbocycles. The van der Waals surface area contributed by atoms with Crippen molar-refractivity contribution in [3.8, 4) is 0 Å². The standard InChI is InChI=1S/C17H22ClN3O/c1-3-13-16(21-10-12(18)8-9-15(21)19-13)17(22)20-14-7-5-4-6-11(14)2/h8-11,14H,3-7H2,1-2H3,(H,20,22). The number of hydrogen-bond donors (Lipinski definition) is 1. The molecule has 0 spiro atoms. The smallest absolute Gasteiger partial charge is 0.270 e. The number of carbonyl (C=O) groups is 1. The second-order valence-electron chi connectivity index (χ2n) is 6.18. The Morgan fingerprint density at radius 2 is 2.18 bits per heavy atom. The maximum absolute atomic E-state index is 12.8. The van der Waals surface area contributed by atoms with E-state index in [1.54, 1.807) is 12.3 Å². The first-order valence-corrected chi connectivity index (χ1v) is 8.45. The van der Waals surface area contributed by atoms with Crippen LogP contribution in [0.15, 0.2) is 18.3 Å². The van der Waals surface area contributed by atoms with Crippen LogP contribution in [0.4, 0.5) is 0 Å². The number of carbonyl (C=O) groups excluding carboxylic acids is 1. The molecule has 1 saturated carbocycles. The molecule has 0 bridgehead atoms. The highest BCUT2D eigenvalue weighted by Gasteiger charge is 2.26. The van der Waals surface area contributed by atoms with Gasteiger partial charge in [0, 0.05) is 12.2 Å². The van der Waals surface area contributed by atoms with E-state index in [1.165, 1.54) is 19.3 Å². The van der Waals surface area contributed by atoms with Crippen molar-refractivity contribution in [2.75, 3.05) is 0 Å². The minimum atomic E-state index is -0.0367. The van der Waals surface area contributed by atoms with Gasteiger partial charge < -0.3 is 5.32 Å². The molecule has 1 amide bonds. The Labute approximate surface area is 135 Å². The fourth-order valence-corrected chi connectivity index (χ4v) is 3.48. The van der Waals surface area contributed by atoms with Gasteiger partial charge in [-0.05, 0) is 37.3 Å². The van der Waals surface area contributed by atoms with E-state index in [9.17, 15) is 4.79 Å². The molecule has 4 nitrogen and oxygen atoms in total. The molecule has 1 N–H and O–H groups in total. The molecule has 118 valence electrons. The predicted molar refractivity (Wildman–Crippen MR) is 88.5 cm³/mol. The van der Waals surface area contributed by atoms with Crippen LogP contribution in [0.3, 0.4) is 0 Å². The predicted octanol–water partition coefficient (Wildman–Crippen LogP) is 3.86. The highest BCUT2D eigenvalue weighted by molar-refractivity contribution is 6.30. The summed E-state index contributed by atoms with van der Waals surface area (Å²) in [4.78, 5) is 17.4. The Hall–Kier alpha value is -1.55. The van der Waals surface area contributed by atoms with Crippen molar-refractivity contribution < 1.29 is 4.79 Å². The second-order valence-corrected chi connectivity index (χ2v) is 6.61. The van der Waals surface area contributed by atoms with Gasteiger partial charge in [0.2, 0.25) is 0 Å². The maximum Gasteiger partial charge on any atom is 0.270 e. The summed E-state index contributed by atoms with van der Waals surface area (Å²) >= 11 is 6.08. The van der Waals surface area contributed by atoms with Gasteiger partial charge in [0.1, 0.15) is 11.3 Å². The summed E-state index contributed by atoms with van der Waals surface area (Å²) in [7, 11) is 0. The molecular weight excluding hydrogens is 298 g/mol. The van der Waals surface area contributed by atoms with Crippen LogP contribution >= 0.6 is 11.6 Å². The number of fused-ring (bicyclic) bond motifs is 1. The average Bonchev–Trinajstić information content (AvgIpc) is 2.87. The van der Waals surface area contributed by atoms with Crippen molar-refractivity contribution in [3.05, 3.63) is 34.7 Å². The number of aromatic nitrogens is 2. The van der Waals surface area contributed by atoms with Crippen molar-refractivity contribution in [3.63, 3.8) is 0 Å². The van der Waals surface area contributed by atoms with Crippen molar-refractivity contribution in [1.82, 2.24) is 14.7 Å². The van der Waals surface area contributed by atoms with E-state index in [4.69, 9.17) is 11.6 Å². The number of rotatable bonds is 3. The zero-order chi connectivity index (χ0) is 15.7. The number of amides is 1. The van der Waals surface area contributed by atoms with Gasteiger partial charge in [0.05, 0.1) is 10.7 Å². The molecule has 0 aliphatic heterocycles. The first-order chi connectivity index (χ1) is 10.6. The molecular formula is C17H22ClN3O. The van der Waals surface area contributed by atoms with Gasteiger partial charge in [-0.1, -0.05) is 38.3 Å². The number of imidazole rings is 1. The molecule has 1 aliphatic rings. The molecule has 22 heavy (non-hydrogen) atoms.